The summed E-state index contributed by atoms with van der Waals surface area (Å²) in [5.74, 6) is -3.80. The van der Waals surface area contributed by atoms with Gasteiger partial charge in [0.25, 0.3) is 0 Å². The Kier molecular flexibility index (Phi) is 9.27. The summed E-state index contributed by atoms with van der Waals surface area (Å²) in [7, 11) is 0. The molecule has 0 saturated heterocycles. The lowest BCUT2D eigenvalue weighted by atomic mass is 9.93. The minimum Gasteiger partial charge on any atom is -0.394 e. The van der Waals surface area contributed by atoms with Crippen LogP contribution < -0.4 is 0 Å². The third kappa shape index (κ3) is 5.34. The van der Waals surface area contributed by atoms with E-state index in [0.717, 1.165) is 0 Å². The molecular formula is C12H20O12. The summed E-state index contributed by atoms with van der Waals surface area (Å²) in [6.45, 7) is -1.04. The molecular weight excluding hydrogens is 336 g/mol. The van der Waals surface area contributed by atoms with Gasteiger partial charge in [0, 0.05) is 0 Å². The van der Waals surface area contributed by atoms with Gasteiger partial charge in [0.2, 0.25) is 11.6 Å². The molecule has 0 amide bonds. The molecule has 0 aromatic rings. The zero-order chi connectivity index (χ0) is 19.2. The summed E-state index contributed by atoms with van der Waals surface area (Å²) in [5.41, 5.74) is 0. The number of hydrogen-bond acceptors (Lipinski definition) is 12. The maximum Gasteiger partial charge on any atom is 0.232 e. The van der Waals surface area contributed by atoms with Gasteiger partial charge in [0.15, 0.2) is 6.29 Å². The first-order valence-electron chi connectivity index (χ1n) is 6.59. The normalized spacial score (nSPS) is 21.7. The van der Waals surface area contributed by atoms with E-state index in [0.29, 0.717) is 0 Å². The fraction of sp³-hybridized carbons (Fsp3) is 0.750. The summed E-state index contributed by atoms with van der Waals surface area (Å²) in [6, 6.07) is 0. The lowest BCUT2D eigenvalue weighted by Gasteiger charge is -2.26. The van der Waals surface area contributed by atoms with Crippen molar-refractivity contribution in [2.75, 3.05) is 6.61 Å². The molecule has 0 heterocycles. The molecule has 12 nitrogen and oxygen atoms in total. The van der Waals surface area contributed by atoms with Gasteiger partial charge in [-0.2, -0.15) is 0 Å². The zero-order valence-corrected chi connectivity index (χ0v) is 12.2. The predicted octanol–water partition coefficient (Wildman–Crippen LogP) is -6.80. The van der Waals surface area contributed by atoms with Crippen LogP contribution in [-0.4, -0.2) is 119 Å². The Hall–Kier alpha value is -1.35. The molecule has 8 atom stereocenters. The van der Waals surface area contributed by atoms with E-state index in [1.807, 2.05) is 0 Å². The Balaban J connectivity index is 5.02. The fourth-order valence-electron chi connectivity index (χ4n) is 1.59. The Morgan fingerprint density at radius 2 is 1.08 bits per heavy atom. The molecule has 24 heavy (non-hydrogen) atoms. The van der Waals surface area contributed by atoms with Crippen molar-refractivity contribution in [3.8, 4) is 0 Å². The van der Waals surface area contributed by atoms with Crippen LogP contribution in [-0.2, 0) is 14.4 Å². The molecule has 0 saturated carbocycles. The number of aldehydes is 1. The van der Waals surface area contributed by atoms with Crippen LogP contribution in [0.15, 0.2) is 0 Å². The van der Waals surface area contributed by atoms with E-state index in [2.05, 4.69) is 0 Å². The van der Waals surface area contributed by atoms with Crippen LogP contribution in [0.3, 0.4) is 0 Å². The van der Waals surface area contributed by atoms with Gasteiger partial charge in [-0.1, -0.05) is 0 Å². The Labute approximate surface area is 134 Å². The molecule has 0 radical (unpaired) electrons. The van der Waals surface area contributed by atoms with Crippen LogP contribution in [0.4, 0.5) is 0 Å². The van der Waals surface area contributed by atoms with Gasteiger partial charge >= 0.3 is 0 Å². The van der Waals surface area contributed by atoms with Crippen LogP contribution >= 0.6 is 0 Å². The number of carbonyl (C=O) groups excluding carboxylic acids is 3. The van der Waals surface area contributed by atoms with Crippen LogP contribution in [0.25, 0.3) is 0 Å². The van der Waals surface area contributed by atoms with Gasteiger partial charge in [-0.25, -0.2) is 0 Å². The Morgan fingerprint density at radius 1 is 0.708 bits per heavy atom. The summed E-state index contributed by atoms with van der Waals surface area (Å²) < 4.78 is 0. The molecule has 0 aromatic carbocycles. The van der Waals surface area contributed by atoms with Gasteiger partial charge in [-0.05, 0) is 0 Å². The van der Waals surface area contributed by atoms with E-state index in [1.165, 1.54) is 0 Å². The van der Waals surface area contributed by atoms with E-state index in [9.17, 15) is 45.0 Å². The lowest BCUT2D eigenvalue weighted by Crippen LogP contribution is -2.54. The van der Waals surface area contributed by atoms with E-state index < -0.39 is 67.0 Å². The molecule has 12 heteroatoms. The average Bonchev–Trinajstić information content (AvgIpc) is 2.61. The average molecular weight is 356 g/mol. The quantitative estimate of drug-likeness (QED) is 0.124. The SMILES string of the molecule is O=C[C@H](O)[C@@H](O)[C@H](O)[C@H](O)C(=O)C(=O)[C@H](O)[C@@H](O)[C@H](O)[C@H](O)CO. The van der Waals surface area contributed by atoms with Crippen molar-refractivity contribution < 1.29 is 60.3 Å². The van der Waals surface area contributed by atoms with Gasteiger partial charge < -0.3 is 50.8 Å². The number of hydrogen-bond donors (Lipinski definition) is 9. The number of aliphatic hydroxyl groups excluding tert-OH is 9. The molecule has 0 spiro atoms. The van der Waals surface area contributed by atoms with Crippen molar-refractivity contribution in [2.24, 2.45) is 0 Å². The third-order valence-corrected chi connectivity index (χ3v) is 3.20. The standard InChI is InChI=1S/C12H20O12/c13-1-3(15)5(17)7(19)9(21)11(23)12(24)10(22)8(20)6(18)4(16)2-14/h1,3-10,14-22H,2H2/t3-,4+,5+,6+,7-,8-,9-,10+/m0/s1. The van der Waals surface area contributed by atoms with Crippen LogP contribution in [0.2, 0.25) is 0 Å². The highest BCUT2D eigenvalue weighted by Crippen LogP contribution is 2.10. The molecule has 0 fully saturated rings. The third-order valence-electron chi connectivity index (χ3n) is 3.20. The molecule has 0 aliphatic rings. The molecule has 140 valence electrons. The molecule has 9 N–H and O–H groups in total. The number of ketones is 2. The molecule has 0 bridgehead atoms. The minimum atomic E-state index is -2.66. The van der Waals surface area contributed by atoms with Crippen LogP contribution in [0, 0.1) is 0 Å². The first-order valence-corrected chi connectivity index (χ1v) is 6.59. The highest BCUT2D eigenvalue weighted by molar-refractivity contribution is 6.40. The second kappa shape index (κ2) is 9.83. The summed E-state index contributed by atoms with van der Waals surface area (Å²) >= 11 is 0. The van der Waals surface area contributed by atoms with Gasteiger partial charge in [-0.15, -0.1) is 0 Å². The second-order valence-corrected chi connectivity index (χ2v) is 4.96. The van der Waals surface area contributed by atoms with Crippen LogP contribution in [0.1, 0.15) is 0 Å². The monoisotopic (exact) mass is 356 g/mol. The highest BCUT2D eigenvalue weighted by atomic mass is 16.4. The van der Waals surface area contributed by atoms with Crippen molar-refractivity contribution >= 4 is 17.9 Å². The smallest absolute Gasteiger partial charge is 0.232 e. The molecule has 0 aliphatic carbocycles. The van der Waals surface area contributed by atoms with E-state index in [4.69, 9.17) is 15.3 Å². The first kappa shape index (κ1) is 22.6. The van der Waals surface area contributed by atoms with E-state index in [1.54, 1.807) is 0 Å². The van der Waals surface area contributed by atoms with Crippen LogP contribution in [0.5, 0.6) is 0 Å². The summed E-state index contributed by atoms with van der Waals surface area (Å²) in [5, 5.41) is 82.9. The zero-order valence-electron chi connectivity index (χ0n) is 12.2. The Morgan fingerprint density at radius 3 is 1.42 bits per heavy atom. The maximum atomic E-state index is 11.6. The number of rotatable bonds is 11. The van der Waals surface area contributed by atoms with Crippen molar-refractivity contribution in [2.45, 2.75) is 48.8 Å². The van der Waals surface area contributed by atoms with Gasteiger partial charge in [0.05, 0.1) is 6.61 Å². The highest BCUT2D eigenvalue weighted by Gasteiger charge is 2.42. The van der Waals surface area contributed by atoms with Crippen molar-refractivity contribution in [3.63, 3.8) is 0 Å². The largest absolute Gasteiger partial charge is 0.394 e. The minimum absolute atomic E-state index is 0.210. The Bertz CT molecular complexity index is 440. The number of carbonyl (C=O) groups is 3. The predicted molar refractivity (Wildman–Crippen MR) is 71.2 cm³/mol. The van der Waals surface area contributed by atoms with Gasteiger partial charge in [0.1, 0.15) is 48.8 Å². The first-order chi connectivity index (χ1) is 11.0. The molecule has 0 aromatic heterocycles. The second-order valence-electron chi connectivity index (χ2n) is 4.96. The lowest BCUT2D eigenvalue weighted by molar-refractivity contribution is -0.164. The summed E-state index contributed by atoms with van der Waals surface area (Å²) in [4.78, 5) is 33.5. The summed E-state index contributed by atoms with van der Waals surface area (Å²) in [6.07, 6.45) is -19.1. The number of Topliss-reactive ketones (excluding diaryl/α,β-unsaturated/α-hetero) is 2. The molecule has 0 unspecified atom stereocenters. The topological polar surface area (TPSA) is 233 Å². The molecule has 0 aliphatic heterocycles. The van der Waals surface area contributed by atoms with Crippen molar-refractivity contribution in [1.82, 2.24) is 0 Å². The molecule has 0 rings (SSSR count). The van der Waals surface area contributed by atoms with Crippen molar-refractivity contribution in [1.29, 1.82) is 0 Å². The van der Waals surface area contributed by atoms with E-state index >= 15 is 0 Å². The maximum absolute atomic E-state index is 11.6. The fourth-order valence-corrected chi connectivity index (χ4v) is 1.59. The van der Waals surface area contributed by atoms with Crippen molar-refractivity contribution in [3.05, 3.63) is 0 Å². The van der Waals surface area contributed by atoms with Gasteiger partial charge in [-0.3, -0.25) is 9.59 Å². The number of aliphatic hydroxyl groups is 9. The van der Waals surface area contributed by atoms with E-state index in [-0.39, 0.29) is 6.29 Å².